The zero-order chi connectivity index (χ0) is 18.5. The maximum absolute atomic E-state index is 12.1. The fourth-order valence-electron chi connectivity index (χ4n) is 2.94. The third-order valence-corrected chi connectivity index (χ3v) is 5.83. The number of nitrogens with one attached hydrogen (secondary N) is 2. The zero-order valence-corrected chi connectivity index (χ0v) is 16.3. The van der Waals surface area contributed by atoms with Gasteiger partial charge in [0.05, 0.1) is 42.4 Å². The van der Waals surface area contributed by atoms with Crippen LogP contribution in [0, 0.1) is 0 Å². The number of nitrogens with zero attached hydrogens (tertiary/aromatic N) is 1. The minimum Gasteiger partial charge on any atom is -0.360 e. The molecule has 1 saturated heterocycles. The molecule has 0 bridgehead atoms. The molecule has 0 aliphatic carbocycles. The lowest BCUT2D eigenvalue weighted by Crippen LogP contribution is -3.12. The van der Waals surface area contributed by atoms with Gasteiger partial charge in [-0.25, -0.2) is 0 Å². The van der Waals surface area contributed by atoms with E-state index in [0.29, 0.717) is 9.21 Å². The Bertz CT molecular complexity index is 767. The van der Waals surface area contributed by atoms with E-state index in [1.807, 2.05) is 24.3 Å². The summed E-state index contributed by atoms with van der Waals surface area (Å²) in [5.74, 6) is -0.207. The van der Waals surface area contributed by atoms with Crippen LogP contribution in [0.2, 0.25) is 4.34 Å². The topological polar surface area (TPSA) is 53.9 Å². The van der Waals surface area contributed by atoms with E-state index in [1.54, 1.807) is 17.0 Å². The van der Waals surface area contributed by atoms with Crippen LogP contribution in [0.15, 0.2) is 36.4 Å². The van der Waals surface area contributed by atoms with Gasteiger partial charge < -0.3 is 15.1 Å². The molecule has 0 spiro atoms. The molecule has 5 nitrogen and oxygen atoms in total. The van der Waals surface area contributed by atoms with E-state index in [2.05, 4.69) is 17.3 Å². The zero-order valence-electron chi connectivity index (χ0n) is 14.8. The molecule has 1 aromatic heterocycles. The molecule has 1 amide bonds. The van der Waals surface area contributed by atoms with Gasteiger partial charge in [-0.3, -0.25) is 9.59 Å². The van der Waals surface area contributed by atoms with E-state index in [0.717, 1.165) is 31.9 Å². The van der Waals surface area contributed by atoms with Gasteiger partial charge in [-0.2, -0.15) is 0 Å². The van der Waals surface area contributed by atoms with Crippen LogP contribution in [0.1, 0.15) is 22.5 Å². The molecule has 0 atom stereocenters. The number of hydrogen-bond acceptors (Lipinski definition) is 4. The van der Waals surface area contributed by atoms with Crippen molar-refractivity contribution in [3.8, 4) is 0 Å². The van der Waals surface area contributed by atoms with E-state index in [-0.39, 0.29) is 24.5 Å². The Balaban J connectivity index is 1.47. The van der Waals surface area contributed by atoms with Crippen molar-refractivity contribution in [2.24, 2.45) is 0 Å². The van der Waals surface area contributed by atoms with Crippen molar-refractivity contribution in [3.63, 3.8) is 0 Å². The Labute approximate surface area is 162 Å². The van der Waals surface area contributed by atoms with Gasteiger partial charge in [-0.1, -0.05) is 11.6 Å². The predicted molar refractivity (Wildman–Crippen MR) is 107 cm³/mol. The maximum Gasteiger partial charge on any atom is 0.224 e. The number of halogens is 1. The van der Waals surface area contributed by atoms with Crippen LogP contribution in [-0.4, -0.2) is 44.9 Å². The van der Waals surface area contributed by atoms with E-state index in [1.165, 1.54) is 17.0 Å². The summed E-state index contributed by atoms with van der Waals surface area (Å²) in [5.41, 5.74) is 1.94. The fraction of sp³-hybridized carbons (Fsp3) is 0.368. The second kappa shape index (κ2) is 8.66. The molecule has 7 heteroatoms. The summed E-state index contributed by atoms with van der Waals surface area (Å²) in [5, 5.41) is 2.85. The first-order valence-electron chi connectivity index (χ1n) is 8.76. The molecular weight excluding hydrogens is 370 g/mol. The van der Waals surface area contributed by atoms with Crippen molar-refractivity contribution in [1.82, 2.24) is 0 Å². The molecule has 1 aromatic carbocycles. The number of benzene rings is 1. The lowest BCUT2D eigenvalue weighted by atomic mass is 10.2. The molecule has 0 unspecified atom stereocenters. The third kappa shape index (κ3) is 5.06. The number of amides is 1. The molecule has 3 rings (SSSR count). The molecule has 0 radical (unpaired) electrons. The van der Waals surface area contributed by atoms with E-state index < -0.39 is 0 Å². The molecule has 1 aliphatic heterocycles. The number of thiophene rings is 1. The van der Waals surface area contributed by atoms with E-state index in [9.17, 15) is 9.59 Å². The summed E-state index contributed by atoms with van der Waals surface area (Å²) >= 11 is 7.08. The van der Waals surface area contributed by atoms with E-state index >= 15 is 0 Å². The van der Waals surface area contributed by atoms with Crippen molar-refractivity contribution in [2.75, 3.05) is 43.4 Å². The molecule has 2 aromatic rings. The van der Waals surface area contributed by atoms with Gasteiger partial charge in [-0.05, 0) is 36.4 Å². The lowest BCUT2D eigenvalue weighted by molar-refractivity contribution is -0.880. The SMILES string of the molecule is C[NH+]1CCN(c2ccc(NC(=O)CCC(=O)c3ccc(Cl)s3)cc2)CC1. The number of anilines is 2. The molecule has 0 saturated carbocycles. The van der Waals surface area contributed by atoms with Gasteiger partial charge in [0.25, 0.3) is 0 Å². The average molecular weight is 393 g/mol. The minimum atomic E-state index is -0.156. The third-order valence-electron chi connectivity index (χ3n) is 4.56. The van der Waals surface area contributed by atoms with Gasteiger partial charge in [0.15, 0.2) is 5.78 Å². The summed E-state index contributed by atoms with van der Waals surface area (Å²) in [7, 11) is 2.22. The molecule has 138 valence electrons. The van der Waals surface area contributed by atoms with Crippen molar-refractivity contribution in [3.05, 3.63) is 45.6 Å². The molecule has 1 aliphatic rings. The van der Waals surface area contributed by atoms with Crippen LogP contribution in [0.4, 0.5) is 11.4 Å². The van der Waals surface area contributed by atoms with Gasteiger partial charge in [0.2, 0.25) is 5.91 Å². The number of hydrogen-bond donors (Lipinski definition) is 2. The number of rotatable bonds is 6. The highest BCUT2D eigenvalue weighted by atomic mass is 35.5. The Morgan fingerprint density at radius 3 is 2.42 bits per heavy atom. The van der Waals surface area contributed by atoms with Crippen LogP contribution in [0.25, 0.3) is 0 Å². The van der Waals surface area contributed by atoms with Crippen LogP contribution >= 0.6 is 22.9 Å². The number of carbonyl (C=O) groups is 2. The average Bonchev–Trinajstić information content (AvgIpc) is 3.08. The highest BCUT2D eigenvalue weighted by Gasteiger charge is 2.17. The summed E-state index contributed by atoms with van der Waals surface area (Å²) < 4.78 is 0.583. The quantitative estimate of drug-likeness (QED) is 0.742. The maximum atomic E-state index is 12.1. The number of quaternary nitrogens is 1. The molecule has 1 fully saturated rings. The Morgan fingerprint density at radius 1 is 1.12 bits per heavy atom. The van der Waals surface area contributed by atoms with Gasteiger partial charge in [-0.15, -0.1) is 11.3 Å². The van der Waals surface area contributed by atoms with Crippen molar-refractivity contribution >= 4 is 46.0 Å². The summed E-state index contributed by atoms with van der Waals surface area (Å²) in [6, 6.07) is 11.3. The first-order valence-corrected chi connectivity index (χ1v) is 9.95. The highest BCUT2D eigenvalue weighted by molar-refractivity contribution is 7.18. The first-order chi connectivity index (χ1) is 12.5. The standard InChI is InChI=1S/C19H22ClN3O2S/c1-22-10-12-23(13-11-22)15-4-2-14(3-5-15)21-19(25)9-6-16(24)17-7-8-18(20)26-17/h2-5,7-8H,6,9-13H2,1H3,(H,21,25)/p+1. The number of Topliss-reactive ketones (excluding diaryl/α,β-unsaturated/α-hetero) is 1. The monoisotopic (exact) mass is 392 g/mol. The first kappa shape index (κ1) is 18.9. The van der Waals surface area contributed by atoms with Crippen LogP contribution in [0.5, 0.6) is 0 Å². The largest absolute Gasteiger partial charge is 0.360 e. The second-order valence-electron chi connectivity index (χ2n) is 6.57. The Hall–Kier alpha value is -1.89. The second-order valence-corrected chi connectivity index (χ2v) is 8.28. The Morgan fingerprint density at radius 2 is 1.81 bits per heavy atom. The van der Waals surface area contributed by atoms with Crippen molar-refractivity contribution in [1.29, 1.82) is 0 Å². The predicted octanol–water partition coefficient (Wildman–Crippen LogP) is 2.34. The van der Waals surface area contributed by atoms with Crippen LogP contribution < -0.4 is 15.1 Å². The Kier molecular flexibility index (Phi) is 6.29. The van der Waals surface area contributed by atoms with Crippen molar-refractivity contribution in [2.45, 2.75) is 12.8 Å². The normalized spacial score (nSPS) is 15.1. The molecule has 2 heterocycles. The van der Waals surface area contributed by atoms with Gasteiger partial charge in [0.1, 0.15) is 0 Å². The summed E-state index contributed by atoms with van der Waals surface area (Å²) in [4.78, 5) is 28.6. The number of ketones is 1. The number of likely N-dealkylation sites (N-methyl/N-ethyl adjacent to an activating group) is 1. The lowest BCUT2D eigenvalue weighted by Gasteiger charge is -2.31. The fourth-order valence-corrected chi connectivity index (χ4v) is 3.95. The highest BCUT2D eigenvalue weighted by Crippen LogP contribution is 2.23. The van der Waals surface area contributed by atoms with E-state index in [4.69, 9.17) is 11.6 Å². The van der Waals surface area contributed by atoms with Gasteiger partial charge >= 0.3 is 0 Å². The van der Waals surface area contributed by atoms with Crippen LogP contribution in [0.3, 0.4) is 0 Å². The molecular formula is C19H23ClN3O2S+. The number of piperazine rings is 1. The van der Waals surface area contributed by atoms with Gasteiger partial charge in [0, 0.05) is 24.2 Å². The van der Waals surface area contributed by atoms with Crippen molar-refractivity contribution < 1.29 is 14.5 Å². The number of carbonyl (C=O) groups excluding carboxylic acids is 2. The smallest absolute Gasteiger partial charge is 0.224 e. The summed E-state index contributed by atoms with van der Waals surface area (Å²) in [6.07, 6.45) is 0.349. The van der Waals surface area contributed by atoms with Crippen LogP contribution in [-0.2, 0) is 4.79 Å². The molecule has 26 heavy (non-hydrogen) atoms. The minimum absolute atomic E-state index is 0.0513. The molecule has 2 N–H and O–H groups in total. The summed E-state index contributed by atoms with van der Waals surface area (Å²) in [6.45, 7) is 4.38.